The van der Waals surface area contributed by atoms with Crippen molar-refractivity contribution < 1.29 is 14.3 Å². The second kappa shape index (κ2) is 9.58. The molecule has 0 unspecified atom stereocenters. The Morgan fingerprint density at radius 1 is 1.24 bits per heavy atom. The molecule has 1 N–H and O–H groups in total. The number of hydrogen-bond donors (Lipinski definition) is 1. The first-order valence-corrected chi connectivity index (χ1v) is 9.77. The Morgan fingerprint density at radius 3 is 2.72 bits per heavy atom. The van der Waals surface area contributed by atoms with Gasteiger partial charge in [-0.25, -0.2) is 0 Å². The number of hydrogen-bond acceptors (Lipinski definition) is 4. The van der Waals surface area contributed by atoms with Gasteiger partial charge in [0.15, 0.2) is 6.61 Å². The number of nitrogens with one attached hydrogen (secondary N) is 1. The molecule has 2 aromatic carbocycles. The maximum atomic E-state index is 12.3. The minimum atomic E-state index is -0.262. The van der Waals surface area contributed by atoms with Gasteiger partial charge in [-0.1, -0.05) is 23.7 Å². The molecule has 2 amide bonds. The number of anilines is 2. The molecule has 152 valence electrons. The van der Waals surface area contributed by atoms with Crippen molar-refractivity contribution in [1.29, 1.82) is 0 Å². The predicted octanol–water partition coefficient (Wildman–Crippen LogP) is 3.67. The second-order valence-electron chi connectivity index (χ2n) is 7.05. The Hall–Kier alpha value is -2.83. The van der Waals surface area contributed by atoms with Gasteiger partial charge in [-0.3, -0.25) is 9.59 Å². The first-order valence-electron chi connectivity index (χ1n) is 9.39. The molecule has 6 nitrogen and oxygen atoms in total. The highest BCUT2D eigenvalue weighted by Crippen LogP contribution is 2.34. The van der Waals surface area contributed by atoms with E-state index in [-0.39, 0.29) is 18.4 Å². The van der Waals surface area contributed by atoms with Crippen LogP contribution in [0, 0.1) is 0 Å². The summed E-state index contributed by atoms with van der Waals surface area (Å²) in [4.78, 5) is 28.4. The van der Waals surface area contributed by atoms with Crippen LogP contribution >= 0.6 is 11.6 Å². The fourth-order valence-corrected chi connectivity index (χ4v) is 3.13. The van der Waals surface area contributed by atoms with Crippen LogP contribution in [0.15, 0.2) is 48.5 Å². The van der Waals surface area contributed by atoms with Crippen LogP contribution < -0.4 is 15.0 Å². The fourth-order valence-electron chi connectivity index (χ4n) is 3.00. The summed E-state index contributed by atoms with van der Waals surface area (Å²) in [6.07, 6.45) is 4.02. The predicted molar refractivity (Wildman–Crippen MR) is 117 cm³/mol. The minimum Gasteiger partial charge on any atom is -0.482 e. The molecule has 1 aliphatic rings. The van der Waals surface area contributed by atoms with Crippen molar-refractivity contribution in [3.8, 4) is 5.75 Å². The molecule has 0 spiro atoms. The molecule has 0 bridgehead atoms. The number of halogens is 1. The van der Waals surface area contributed by atoms with Crippen LogP contribution in [-0.4, -0.2) is 50.5 Å². The van der Waals surface area contributed by atoms with Crippen molar-refractivity contribution in [1.82, 2.24) is 4.90 Å². The van der Waals surface area contributed by atoms with E-state index in [0.717, 1.165) is 18.5 Å². The average molecular weight is 414 g/mol. The Labute approximate surface area is 175 Å². The Balaban J connectivity index is 1.69. The molecular weight excluding hydrogens is 390 g/mol. The maximum absolute atomic E-state index is 12.3. The summed E-state index contributed by atoms with van der Waals surface area (Å²) >= 11 is 5.86. The zero-order chi connectivity index (χ0) is 20.8. The molecule has 0 atom stereocenters. The van der Waals surface area contributed by atoms with Gasteiger partial charge in [0.1, 0.15) is 5.75 Å². The molecular formula is C22H24ClN3O3. The van der Waals surface area contributed by atoms with Gasteiger partial charge < -0.3 is 19.9 Å². The Bertz CT molecular complexity index is 910. The number of carbonyl (C=O) groups excluding carboxylic acids is 2. The first kappa shape index (κ1) is 20.9. The highest BCUT2D eigenvalue weighted by molar-refractivity contribution is 6.30. The van der Waals surface area contributed by atoms with E-state index in [9.17, 15) is 9.59 Å². The highest BCUT2D eigenvalue weighted by atomic mass is 35.5. The van der Waals surface area contributed by atoms with E-state index >= 15 is 0 Å². The standard InChI is InChI=1S/C22H24ClN3O3/c1-25(2)12-3-13-26-19-14-18(9-10-20(19)29-15-22(26)28)24-21(27)11-6-16-4-7-17(23)8-5-16/h4-11,14H,3,12-13,15H2,1-2H3,(H,24,27)/b11-6+. The summed E-state index contributed by atoms with van der Waals surface area (Å²) in [5, 5.41) is 3.48. The lowest BCUT2D eigenvalue weighted by Crippen LogP contribution is -2.40. The third kappa shape index (κ3) is 5.82. The number of rotatable bonds is 7. The lowest BCUT2D eigenvalue weighted by Gasteiger charge is -2.30. The van der Waals surface area contributed by atoms with Crippen molar-refractivity contribution in [2.45, 2.75) is 6.42 Å². The SMILES string of the molecule is CN(C)CCCN1C(=O)COc2ccc(NC(=O)/C=C/c3ccc(Cl)cc3)cc21. The second-order valence-corrected chi connectivity index (χ2v) is 7.48. The van der Waals surface area contributed by atoms with E-state index in [1.807, 2.05) is 26.2 Å². The van der Waals surface area contributed by atoms with Gasteiger partial charge in [0.2, 0.25) is 5.91 Å². The number of carbonyl (C=O) groups is 2. The topological polar surface area (TPSA) is 61.9 Å². The number of ether oxygens (including phenoxy) is 1. The van der Waals surface area contributed by atoms with Gasteiger partial charge in [-0.2, -0.15) is 0 Å². The molecule has 0 saturated carbocycles. The summed E-state index contributed by atoms with van der Waals surface area (Å²) < 4.78 is 5.53. The number of amides is 2. The quantitative estimate of drug-likeness (QED) is 0.703. The van der Waals surface area contributed by atoms with Gasteiger partial charge in [-0.05, 0) is 69.0 Å². The smallest absolute Gasteiger partial charge is 0.265 e. The van der Waals surface area contributed by atoms with Crippen molar-refractivity contribution in [3.63, 3.8) is 0 Å². The van der Waals surface area contributed by atoms with Crippen molar-refractivity contribution in [3.05, 3.63) is 59.1 Å². The number of fused-ring (bicyclic) bond motifs is 1. The van der Waals surface area contributed by atoms with E-state index < -0.39 is 0 Å². The largest absolute Gasteiger partial charge is 0.482 e. The Morgan fingerprint density at radius 2 is 2.00 bits per heavy atom. The zero-order valence-corrected chi connectivity index (χ0v) is 17.3. The average Bonchev–Trinajstić information content (AvgIpc) is 2.69. The number of nitrogens with zero attached hydrogens (tertiary/aromatic N) is 2. The van der Waals surface area contributed by atoms with Gasteiger partial charge in [-0.15, -0.1) is 0 Å². The molecule has 0 radical (unpaired) electrons. The van der Waals surface area contributed by atoms with Crippen LogP contribution in [0.4, 0.5) is 11.4 Å². The summed E-state index contributed by atoms with van der Waals surface area (Å²) in [5.41, 5.74) is 2.16. The molecule has 0 saturated heterocycles. The normalized spacial score (nSPS) is 13.5. The van der Waals surface area contributed by atoms with Crippen LogP contribution in [-0.2, 0) is 9.59 Å². The fraction of sp³-hybridized carbons (Fsp3) is 0.273. The van der Waals surface area contributed by atoms with Crippen LogP contribution in [0.2, 0.25) is 5.02 Å². The van der Waals surface area contributed by atoms with Crippen molar-refractivity contribution in [2.75, 3.05) is 44.0 Å². The van der Waals surface area contributed by atoms with Crippen LogP contribution in [0.1, 0.15) is 12.0 Å². The Kier molecular flexibility index (Phi) is 6.90. The molecule has 0 aliphatic carbocycles. The van der Waals surface area contributed by atoms with Gasteiger partial charge in [0.05, 0.1) is 5.69 Å². The summed E-state index contributed by atoms with van der Waals surface area (Å²) in [5.74, 6) is 0.300. The van der Waals surface area contributed by atoms with E-state index in [2.05, 4.69) is 10.2 Å². The highest BCUT2D eigenvalue weighted by Gasteiger charge is 2.25. The van der Waals surface area contributed by atoms with Crippen LogP contribution in [0.3, 0.4) is 0 Å². The van der Waals surface area contributed by atoms with Crippen LogP contribution in [0.25, 0.3) is 6.08 Å². The molecule has 3 rings (SSSR count). The third-order valence-corrected chi connectivity index (χ3v) is 4.71. The first-order chi connectivity index (χ1) is 13.9. The number of benzene rings is 2. The van der Waals surface area contributed by atoms with Gasteiger partial charge in [0, 0.05) is 23.3 Å². The molecule has 7 heteroatoms. The van der Waals surface area contributed by atoms with E-state index in [1.54, 1.807) is 41.3 Å². The van der Waals surface area contributed by atoms with Crippen molar-refractivity contribution in [2.24, 2.45) is 0 Å². The van der Waals surface area contributed by atoms with E-state index in [4.69, 9.17) is 16.3 Å². The van der Waals surface area contributed by atoms with Gasteiger partial charge >= 0.3 is 0 Å². The van der Waals surface area contributed by atoms with E-state index in [1.165, 1.54) is 6.08 Å². The minimum absolute atomic E-state index is 0.0322. The molecule has 1 aliphatic heterocycles. The zero-order valence-electron chi connectivity index (χ0n) is 16.5. The summed E-state index contributed by atoms with van der Waals surface area (Å²) in [6, 6.07) is 12.5. The lowest BCUT2D eigenvalue weighted by atomic mass is 10.2. The van der Waals surface area contributed by atoms with Crippen LogP contribution in [0.5, 0.6) is 5.75 Å². The lowest BCUT2D eigenvalue weighted by molar-refractivity contribution is -0.121. The molecule has 2 aromatic rings. The molecule has 29 heavy (non-hydrogen) atoms. The summed E-state index contributed by atoms with van der Waals surface area (Å²) in [7, 11) is 4.00. The third-order valence-electron chi connectivity index (χ3n) is 4.45. The molecule has 0 fully saturated rings. The maximum Gasteiger partial charge on any atom is 0.265 e. The summed E-state index contributed by atoms with van der Waals surface area (Å²) in [6.45, 7) is 1.51. The van der Waals surface area contributed by atoms with Gasteiger partial charge in [0.25, 0.3) is 5.91 Å². The van der Waals surface area contributed by atoms with Crippen molar-refractivity contribution >= 4 is 40.9 Å². The molecule has 0 aromatic heterocycles. The molecule has 1 heterocycles. The monoisotopic (exact) mass is 413 g/mol. The van der Waals surface area contributed by atoms with E-state index in [0.29, 0.717) is 28.7 Å².